The van der Waals surface area contributed by atoms with Crippen molar-refractivity contribution in [1.29, 1.82) is 0 Å². The van der Waals surface area contributed by atoms with Crippen molar-refractivity contribution in [3.05, 3.63) is 88.5 Å². The molecule has 3 aromatic heterocycles. The normalized spacial score (nSPS) is 11.0. The first kappa shape index (κ1) is 20.8. The van der Waals surface area contributed by atoms with E-state index in [1.165, 1.54) is 11.3 Å². The first-order valence-electron chi connectivity index (χ1n) is 10.1. The largest absolute Gasteiger partial charge is 0.457 e. The van der Waals surface area contributed by atoms with E-state index in [2.05, 4.69) is 20.5 Å². The van der Waals surface area contributed by atoms with Gasteiger partial charge in [-0.05, 0) is 49.4 Å². The SMILES string of the molecule is Cc1ncc(CO)c2cc(-c3nnc(Nc4ccc(Oc5ccccc5)cc4)s3)c(=O)oc12. The molecule has 2 aromatic carbocycles. The molecule has 0 aliphatic heterocycles. The van der Waals surface area contributed by atoms with Crippen LogP contribution in [0.15, 0.2) is 76.1 Å². The maximum Gasteiger partial charge on any atom is 0.346 e. The van der Waals surface area contributed by atoms with Crippen LogP contribution in [0.3, 0.4) is 0 Å². The van der Waals surface area contributed by atoms with Gasteiger partial charge >= 0.3 is 5.63 Å². The number of aromatic nitrogens is 3. The number of aliphatic hydroxyl groups is 1. The minimum atomic E-state index is -0.535. The van der Waals surface area contributed by atoms with E-state index in [1.54, 1.807) is 19.2 Å². The summed E-state index contributed by atoms with van der Waals surface area (Å²) in [5.74, 6) is 1.47. The molecule has 0 radical (unpaired) electrons. The number of aryl methyl sites for hydroxylation is 1. The molecular weight excluding hydrogens is 440 g/mol. The molecule has 0 bridgehead atoms. The Balaban J connectivity index is 1.38. The lowest BCUT2D eigenvalue weighted by Gasteiger charge is -2.07. The van der Waals surface area contributed by atoms with Crippen LogP contribution in [0.2, 0.25) is 0 Å². The van der Waals surface area contributed by atoms with Gasteiger partial charge in [0.15, 0.2) is 10.6 Å². The highest BCUT2D eigenvalue weighted by molar-refractivity contribution is 7.18. The molecule has 164 valence electrons. The number of fused-ring (bicyclic) bond motifs is 1. The van der Waals surface area contributed by atoms with E-state index in [1.807, 2.05) is 54.6 Å². The van der Waals surface area contributed by atoms with Crippen LogP contribution in [0.5, 0.6) is 11.5 Å². The lowest BCUT2D eigenvalue weighted by molar-refractivity contribution is 0.282. The number of pyridine rings is 1. The first-order valence-corrected chi connectivity index (χ1v) is 10.9. The van der Waals surface area contributed by atoms with Crippen molar-refractivity contribution in [1.82, 2.24) is 15.2 Å². The molecule has 0 unspecified atom stereocenters. The summed E-state index contributed by atoms with van der Waals surface area (Å²) >= 11 is 1.23. The predicted octanol–water partition coefficient (Wildman–Crippen LogP) is 5.04. The molecule has 5 rings (SSSR count). The quantitative estimate of drug-likeness (QED) is 0.364. The van der Waals surface area contributed by atoms with E-state index in [4.69, 9.17) is 9.15 Å². The molecule has 33 heavy (non-hydrogen) atoms. The maximum atomic E-state index is 12.6. The van der Waals surface area contributed by atoms with Crippen molar-refractivity contribution in [2.24, 2.45) is 0 Å². The second-order valence-corrected chi connectivity index (χ2v) is 8.17. The molecule has 0 amide bonds. The van der Waals surface area contributed by atoms with Gasteiger partial charge in [-0.1, -0.05) is 29.5 Å². The molecule has 0 atom stereocenters. The van der Waals surface area contributed by atoms with Gasteiger partial charge in [-0.2, -0.15) is 0 Å². The van der Waals surface area contributed by atoms with E-state index in [0.29, 0.717) is 38.1 Å². The van der Waals surface area contributed by atoms with E-state index in [9.17, 15) is 9.90 Å². The van der Waals surface area contributed by atoms with Gasteiger partial charge in [0.25, 0.3) is 0 Å². The summed E-state index contributed by atoms with van der Waals surface area (Å²) in [5.41, 5.74) is 2.04. The van der Waals surface area contributed by atoms with Crippen molar-refractivity contribution in [2.45, 2.75) is 13.5 Å². The van der Waals surface area contributed by atoms with Crippen LogP contribution in [-0.4, -0.2) is 20.3 Å². The van der Waals surface area contributed by atoms with Crippen molar-refractivity contribution in [3.8, 4) is 22.1 Å². The topological polar surface area (TPSA) is 110 Å². The van der Waals surface area contributed by atoms with Gasteiger partial charge < -0.3 is 19.6 Å². The molecular formula is C24H18N4O4S. The summed E-state index contributed by atoms with van der Waals surface area (Å²) in [6.07, 6.45) is 1.57. The van der Waals surface area contributed by atoms with E-state index in [-0.39, 0.29) is 12.2 Å². The molecule has 8 nitrogen and oxygen atoms in total. The third-order valence-electron chi connectivity index (χ3n) is 4.95. The maximum absolute atomic E-state index is 12.6. The third-order valence-corrected chi connectivity index (χ3v) is 5.82. The summed E-state index contributed by atoms with van der Waals surface area (Å²) in [4.78, 5) is 16.8. The zero-order valence-electron chi connectivity index (χ0n) is 17.5. The smallest absolute Gasteiger partial charge is 0.346 e. The van der Waals surface area contributed by atoms with E-state index < -0.39 is 5.63 Å². The van der Waals surface area contributed by atoms with Crippen LogP contribution < -0.4 is 15.7 Å². The summed E-state index contributed by atoms with van der Waals surface area (Å²) in [7, 11) is 0. The molecule has 0 saturated carbocycles. The number of aliphatic hydroxyl groups excluding tert-OH is 1. The number of benzene rings is 2. The number of rotatable bonds is 6. The predicted molar refractivity (Wildman–Crippen MR) is 126 cm³/mol. The Labute approximate surface area is 192 Å². The van der Waals surface area contributed by atoms with Gasteiger partial charge in [0.2, 0.25) is 5.13 Å². The second-order valence-electron chi connectivity index (χ2n) is 7.19. The first-order chi connectivity index (χ1) is 16.1. The van der Waals surface area contributed by atoms with Crippen LogP contribution in [0.25, 0.3) is 21.5 Å². The Hall–Kier alpha value is -4.08. The number of hydrogen-bond acceptors (Lipinski definition) is 9. The lowest BCUT2D eigenvalue weighted by Crippen LogP contribution is -2.05. The monoisotopic (exact) mass is 458 g/mol. The Bertz CT molecular complexity index is 1480. The van der Waals surface area contributed by atoms with Crippen LogP contribution in [-0.2, 0) is 6.61 Å². The number of para-hydroxylation sites is 1. The highest BCUT2D eigenvalue weighted by atomic mass is 32.1. The van der Waals surface area contributed by atoms with Gasteiger partial charge in [-0.3, -0.25) is 4.98 Å². The fourth-order valence-electron chi connectivity index (χ4n) is 3.29. The zero-order valence-corrected chi connectivity index (χ0v) is 18.3. The summed E-state index contributed by atoms with van der Waals surface area (Å²) in [6, 6.07) is 18.6. The average Bonchev–Trinajstić information content (AvgIpc) is 3.29. The fraction of sp³-hybridized carbons (Fsp3) is 0.0833. The van der Waals surface area contributed by atoms with Crippen LogP contribution in [0, 0.1) is 6.92 Å². The molecule has 0 fully saturated rings. The Kier molecular flexibility index (Phi) is 5.55. The van der Waals surface area contributed by atoms with E-state index >= 15 is 0 Å². The Morgan fingerprint density at radius 3 is 2.58 bits per heavy atom. The highest BCUT2D eigenvalue weighted by Crippen LogP contribution is 2.30. The van der Waals surface area contributed by atoms with Crippen molar-refractivity contribution >= 4 is 33.1 Å². The summed E-state index contributed by atoms with van der Waals surface area (Å²) in [5, 5.41) is 22.7. The number of anilines is 2. The highest BCUT2D eigenvalue weighted by Gasteiger charge is 2.16. The molecule has 3 heterocycles. The van der Waals surface area contributed by atoms with Crippen LogP contribution >= 0.6 is 11.3 Å². The number of ether oxygens (including phenoxy) is 1. The van der Waals surface area contributed by atoms with Gasteiger partial charge in [0, 0.05) is 22.8 Å². The van der Waals surface area contributed by atoms with Crippen LogP contribution in [0.4, 0.5) is 10.8 Å². The Morgan fingerprint density at radius 1 is 1.06 bits per heavy atom. The van der Waals surface area contributed by atoms with Gasteiger partial charge in [-0.15, -0.1) is 10.2 Å². The standard InChI is InChI=1S/C24H18N4O4S/c1-14-21-19(15(13-29)12-25-14)11-20(23(30)32-21)22-27-28-24(33-22)26-16-7-9-18(10-8-16)31-17-5-3-2-4-6-17/h2-12,29H,13H2,1H3,(H,26,28). The van der Waals surface area contributed by atoms with Gasteiger partial charge in [-0.25, -0.2) is 4.79 Å². The summed E-state index contributed by atoms with van der Waals surface area (Å²) in [6.45, 7) is 1.53. The van der Waals surface area contributed by atoms with E-state index in [0.717, 1.165) is 11.4 Å². The van der Waals surface area contributed by atoms with Gasteiger partial charge in [0.1, 0.15) is 11.5 Å². The fourth-order valence-corrected chi connectivity index (χ4v) is 4.06. The molecule has 2 N–H and O–H groups in total. The lowest BCUT2D eigenvalue weighted by atomic mass is 10.1. The van der Waals surface area contributed by atoms with Crippen LogP contribution in [0.1, 0.15) is 11.3 Å². The van der Waals surface area contributed by atoms with Crippen molar-refractivity contribution in [3.63, 3.8) is 0 Å². The minimum absolute atomic E-state index is 0.218. The number of nitrogens with one attached hydrogen (secondary N) is 1. The van der Waals surface area contributed by atoms with Crippen molar-refractivity contribution in [2.75, 3.05) is 5.32 Å². The molecule has 5 aromatic rings. The molecule has 0 aliphatic rings. The molecule has 0 aliphatic carbocycles. The molecule has 0 spiro atoms. The summed E-state index contributed by atoms with van der Waals surface area (Å²) < 4.78 is 11.3. The number of nitrogens with zero attached hydrogens (tertiary/aromatic N) is 3. The second kappa shape index (κ2) is 8.81. The molecule has 9 heteroatoms. The van der Waals surface area contributed by atoms with Crippen molar-refractivity contribution < 1.29 is 14.3 Å². The minimum Gasteiger partial charge on any atom is -0.457 e. The average molecular weight is 458 g/mol. The third kappa shape index (κ3) is 4.32. The Morgan fingerprint density at radius 2 is 1.82 bits per heavy atom. The number of hydrogen-bond donors (Lipinski definition) is 2. The molecule has 0 saturated heterocycles. The van der Waals surface area contributed by atoms with Gasteiger partial charge in [0.05, 0.1) is 17.9 Å². The zero-order chi connectivity index (χ0) is 22.8.